The van der Waals surface area contributed by atoms with Gasteiger partial charge in [0.1, 0.15) is 18.1 Å². The third-order valence-corrected chi connectivity index (χ3v) is 8.60. The fourth-order valence-electron chi connectivity index (χ4n) is 6.60. The summed E-state index contributed by atoms with van der Waals surface area (Å²) in [5.74, 6) is -1.26. The number of carbonyl (C=O) groups excluding carboxylic acids is 2. The average Bonchev–Trinajstić information content (AvgIpc) is 3.54. The lowest BCUT2D eigenvalue weighted by atomic mass is 9.69. The van der Waals surface area contributed by atoms with E-state index in [1.165, 1.54) is 18.2 Å². The Balaban J connectivity index is 1.28. The monoisotopic (exact) mass is 580 g/mol. The highest BCUT2D eigenvalue weighted by atomic mass is 16.6. The number of ether oxygens (including phenoxy) is 2. The first-order valence-electron chi connectivity index (χ1n) is 14.4. The molecule has 9 heteroatoms. The van der Waals surface area contributed by atoms with E-state index >= 15 is 0 Å². The number of para-hydroxylation sites is 2. The van der Waals surface area contributed by atoms with E-state index in [1.54, 1.807) is 18.2 Å². The summed E-state index contributed by atoms with van der Waals surface area (Å²) in [7, 11) is 0. The maximum absolute atomic E-state index is 13.9. The van der Waals surface area contributed by atoms with Crippen molar-refractivity contribution in [2.24, 2.45) is 17.8 Å². The van der Waals surface area contributed by atoms with E-state index in [4.69, 9.17) is 9.47 Å². The number of fused-ring (bicyclic) bond motifs is 3. The van der Waals surface area contributed by atoms with Crippen LogP contribution >= 0.6 is 0 Å². The largest absolute Gasteiger partial charge is 0.507 e. The molecule has 0 bridgehead atoms. The van der Waals surface area contributed by atoms with Crippen LogP contribution in [0.25, 0.3) is 6.08 Å². The summed E-state index contributed by atoms with van der Waals surface area (Å²) >= 11 is 0. The van der Waals surface area contributed by atoms with Crippen molar-refractivity contribution in [2.75, 3.05) is 18.1 Å². The molecule has 43 heavy (non-hydrogen) atoms. The molecule has 0 saturated carbocycles. The Hall–Kier alpha value is -4.76. The first kappa shape index (κ1) is 28.4. The van der Waals surface area contributed by atoms with Gasteiger partial charge in [0.2, 0.25) is 11.8 Å². The van der Waals surface area contributed by atoms with Crippen molar-refractivity contribution >= 4 is 29.3 Å². The van der Waals surface area contributed by atoms with E-state index in [9.17, 15) is 24.8 Å². The minimum absolute atomic E-state index is 0.180. The van der Waals surface area contributed by atoms with E-state index < -0.39 is 16.8 Å². The zero-order valence-corrected chi connectivity index (χ0v) is 23.7. The Kier molecular flexibility index (Phi) is 7.82. The molecule has 2 aliphatic heterocycles. The molecule has 1 N–H and O–H groups in total. The number of nitro benzene ring substituents is 1. The second kappa shape index (κ2) is 11.9. The summed E-state index contributed by atoms with van der Waals surface area (Å²) in [4.78, 5) is 39.6. The predicted molar refractivity (Wildman–Crippen MR) is 160 cm³/mol. The third-order valence-electron chi connectivity index (χ3n) is 8.60. The van der Waals surface area contributed by atoms with Gasteiger partial charge in [0.25, 0.3) is 5.69 Å². The molecule has 9 nitrogen and oxygen atoms in total. The highest BCUT2D eigenvalue weighted by Gasteiger charge is 2.57. The summed E-state index contributed by atoms with van der Waals surface area (Å²) < 4.78 is 12.5. The number of amides is 2. The molecule has 2 heterocycles. The van der Waals surface area contributed by atoms with Crippen molar-refractivity contribution in [3.05, 3.63) is 111 Å². The summed E-state index contributed by atoms with van der Waals surface area (Å²) in [6, 6.07) is 22.3. The molecule has 4 atom stereocenters. The molecule has 220 valence electrons. The van der Waals surface area contributed by atoms with Crippen molar-refractivity contribution in [3.63, 3.8) is 0 Å². The zero-order valence-electron chi connectivity index (χ0n) is 23.7. The summed E-state index contributed by atoms with van der Waals surface area (Å²) in [5.41, 5.74) is 3.84. The van der Waals surface area contributed by atoms with Crippen molar-refractivity contribution < 1.29 is 29.1 Å². The normalized spacial score (nSPS) is 23.4. The lowest BCUT2D eigenvalue weighted by Crippen LogP contribution is -2.35. The van der Waals surface area contributed by atoms with Gasteiger partial charge < -0.3 is 14.6 Å². The van der Waals surface area contributed by atoms with E-state index in [-0.39, 0.29) is 47.6 Å². The van der Waals surface area contributed by atoms with Crippen LogP contribution in [0.5, 0.6) is 11.5 Å². The number of nitro groups is 1. The van der Waals surface area contributed by atoms with E-state index in [0.717, 1.165) is 27.2 Å². The first-order valence-corrected chi connectivity index (χ1v) is 14.4. The SMILES string of the molecule is C/C(=C\c1ccccc1O)CC[C@H]1OC[C@H]2C1=C(COc1ccccc1)C[C@H]1C(=O)N(c3cccc([N+](=O)[O-])c3)C(=O)[C@H]12. The molecular formula is C34H32N2O7. The van der Waals surface area contributed by atoms with Gasteiger partial charge in [-0.05, 0) is 61.6 Å². The number of imide groups is 1. The number of hydrogen-bond donors (Lipinski definition) is 1. The van der Waals surface area contributed by atoms with Gasteiger partial charge in [0.15, 0.2) is 0 Å². The van der Waals surface area contributed by atoms with Crippen LogP contribution in [0.4, 0.5) is 11.4 Å². The van der Waals surface area contributed by atoms with Gasteiger partial charge in [-0.3, -0.25) is 19.7 Å². The summed E-state index contributed by atoms with van der Waals surface area (Å²) in [6.07, 6.45) is 3.45. The molecule has 0 aromatic heterocycles. The highest BCUT2D eigenvalue weighted by molar-refractivity contribution is 6.22. The Morgan fingerprint density at radius 3 is 2.58 bits per heavy atom. The molecule has 6 rings (SSSR count). The van der Waals surface area contributed by atoms with Crippen LogP contribution in [0.2, 0.25) is 0 Å². The van der Waals surface area contributed by atoms with Crippen molar-refractivity contribution in [1.82, 2.24) is 0 Å². The van der Waals surface area contributed by atoms with E-state index in [0.29, 0.717) is 31.6 Å². The summed E-state index contributed by atoms with van der Waals surface area (Å²) in [6.45, 7) is 2.59. The zero-order chi connectivity index (χ0) is 30.1. The number of allylic oxidation sites excluding steroid dienone is 1. The molecule has 1 aliphatic carbocycles. The van der Waals surface area contributed by atoms with E-state index in [1.807, 2.05) is 55.5 Å². The van der Waals surface area contributed by atoms with Crippen LogP contribution < -0.4 is 9.64 Å². The molecule has 2 saturated heterocycles. The molecule has 3 aromatic carbocycles. The lowest BCUT2D eigenvalue weighted by Gasteiger charge is -2.31. The standard InChI is InChI=1S/C34H32N2O7/c1-21(16-22-8-5-6-13-29(22)37)14-15-30-31-23(19-42-26-11-3-2-4-12-26)17-27-32(28(31)20-43-30)34(39)35(33(27)38)24-9-7-10-25(18-24)36(40)41/h2-13,16,18,27-28,30,32,37H,14-15,17,19-20H2,1H3/b21-16+/t27-,28+,30-,32-/m1/s1. The second-order valence-electron chi connectivity index (χ2n) is 11.3. The number of phenols is 1. The summed E-state index contributed by atoms with van der Waals surface area (Å²) in [5, 5.41) is 21.6. The van der Waals surface area contributed by atoms with E-state index in [2.05, 4.69) is 0 Å². The molecule has 0 spiro atoms. The van der Waals surface area contributed by atoms with Gasteiger partial charge in [0.05, 0.1) is 35.2 Å². The number of phenolic OH excluding ortho intramolecular Hbond substituents is 1. The molecule has 3 aromatic rings. The Labute approximate surface area is 249 Å². The highest BCUT2D eigenvalue weighted by Crippen LogP contribution is 2.50. The minimum Gasteiger partial charge on any atom is -0.507 e. The maximum atomic E-state index is 13.9. The number of carbonyl (C=O) groups is 2. The topological polar surface area (TPSA) is 119 Å². The van der Waals surface area contributed by atoms with Crippen molar-refractivity contribution in [3.8, 4) is 11.5 Å². The molecular weight excluding hydrogens is 548 g/mol. The molecule has 2 amide bonds. The minimum atomic E-state index is -0.606. The molecule has 0 radical (unpaired) electrons. The number of nitrogens with zero attached hydrogens (tertiary/aromatic N) is 2. The Morgan fingerprint density at radius 1 is 1.05 bits per heavy atom. The van der Waals surface area contributed by atoms with Crippen LogP contribution in [0, 0.1) is 27.9 Å². The first-order chi connectivity index (χ1) is 20.8. The number of non-ortho nitro benzene ring substituents is 1. The van der Waals surface area contributed by atoms with Gasteiger partial charge in [-0.2, -0.15) is 0 Å². The molecule has 2 fully saturated rings. The number of benzene rings is 3. The van der Waals surface area contributed by atoms with Crippen LogP contribution in [-0.4, -0.2) is 41.2 Å². The van der Waals surface area contributed by atoms with Gasteiger partial charge >= 0.3 is 0 Å². The maximum Gasteiger partial charge on any atom is 0.271 e. The van der Waals surface area contributed by atoms with Crippen LogP contribution in [-0.2, 0) is 14.3 Å². The lowest BCUT2D eigenvalue weighted by molar-refractivity contribution is -0.384. The fraction of sp³-hybridized carbons (Fsp3) is 0.294. The molecule has 0 unspecified atom stereocenters. The quantitative estimate of drug-likeness (QED) is 0.141. The smallest absolute Gasteiger partial charge is 0.271 e. The average molecular weight is 581 g/mol. The number of anilines is 1. The van der Waals surface area contributed by atoms with Crippen LogP contribution in [0.1, 0.15) is 31.7 Å². The Morgan fingerprint density at radius 2 is 1.81 bits per heavy atom. The fourth-order valence-corrected chi connectivity index (χ4v) is 6.60. The molecule has 3 aliphatic rings. The van der Waals surface area contributed by atoms with Crippen LogP contribution in [0.3, 0.4) is 0 Å². The third kappa shape index (κ3) is 5.56. The Bertz CT molecular complexity index is 1630. The number of aromatic hydroxyl groups is 1. The van der Waals surface area contributed by atoms with Gasteiger partial charge in [-0.15, -0.1) is 0 Å². The van der Waals surface area contributed by atoms with Gasteiger partial charge in [-0.1, -0.05) is 54.1 Å². The van der Waals surface area contributed by atoms with Crippen molar-refractivity contribution in [1.29, 1.82) is 0 Å². The van der Waals surface area contributed by atoms with Crippen molar-refractivity contribution in [2.45, 2.75) is 32.3 Å². The van der Waals surface area contributed by atoms with Crippen LogP contribution in [0.15, 0.2) is 95.6 Å². The number of rotatable bonds is 9. The number of hydrogen-bond acceptors (Lipinski definition) is 7. The van der Waals surface area contributed by atoms with Gasteiger partial charge in [0, 0.05) is 23.6 Å². The second-order valence-corrected chi connectivity index (χ2v) is 11.3. The van der Waals surface area contributed by atoms with Gasteiger partial charge in [-0.25, -0.2) is 4.90 Å². The predicted octanol–water partition coefficient (Wildman–Crippen LogP) is 6.08.